The predicted octanol–water partition coefficient (Wildman–Crippen LogP) is 1.79. The van der Waals surface area contributed by atoms with Crippen molar-refractivity contribution in [3.63, 3.8) is 0 Å². The van der Waals surface area contributed by atoms with Gasteiger partial charge in [-0.1, -0.05) is 12.1 Å². The van der Waals surface area contributed by atoms with Crippen LogP contribution in [0.2, 0.25) is 0 Å². The second-order valence-corrected chi connectivity index (χ2v) is 5.39. The van der Waals surface area contributed by atoms with Crippen molar-refractivity contribution in [2.45, 2.75) is 31.9 Å². The highest BCUT2D eigenvalue weighted by Gasteiger charge is 2.24. The summed E-state index contributed by atoms with van der Waals surface area (Å²) in [7, 11) is 0. The number of aliphatic hydroxyl groups is 1. The van der Waals surface area contributed by atoms with Crippen LogP contribution in [0.3, 0.4) is 0 Å². The van der Waals surface area contributed by atoms with E-state index < -0.39 is 6.10 Å². The van der Waals surface area contributed by atoms with Crippen molar-refractivity contribution >= 4 is 18.3 Å². The molecule has 1 unspecified atom stereocenters. The van der Waals surface area contributed by atoms with Crippen LogP contribution in [0, 0.1) is 11.7 Å². The molecule has 0 spiro atoms. The van der Waals surface area contributed by atoms with Crippen LogP contribution < -0.4 is 10.6 Å². The van der Waals surface area contributed by atoms with Crippen LogP contribution in [0.4, 0.5) is 4.39 Å². The summed E-state index contributed by atoms with van der Waals surface area (Å²) < 4.78 is 12.8. The smallest absolute Gasteiger partial charge is 0.223 e. The molecule has 0 radical (unpaired) electrons. The minimum absolute atomic E-state index is 0. The molecule has 2 rings (SSSR count). The molecule has 4 nitrogen and oxygen atoms in total. The summed E-state index contributed by atoms with van der Waals surface area (Å²) in [6.07, 6.45) is 0.833. The van der Waals surface area contributed by atoms with Gasteiger partial charge in [-0.3, -0.25) is 4.79 Å². The minimum Gasteiger partial charge on any atom is -0.387 e. The zero-order chi connectivity index (χ0) is 14.5. The van der Waals surface area contributed by atoms with Gasteiger partial charge in [0.05, 0.1) is 6.10 Å². The predicted molar refractivity (Wildman–Crippen MR) is 81.8 cm³/mol. The van der Waals surface area contributed by atoms with Gasteiger partial charge in [-0.15, -0.1) is 12.4 Å². The number of piperidine rings is 1. The zero-order valence-electron chi connectivity index (χ0n) is 12.0. The monoisotopic (exact) mass is 316 g/mol. The molecule has 3 N–H and O–H groups in total. The zero-order valence-corrected chi connectivity index (χ0v) is 12.8. The summed E-state index contributed by atoms with van der Waals surface area (Å²) in [6, 6.07) is 6.00. The summed E-state index contributed by atoms with van der Waals surface area (Å²) in [6.45, 7) is 3.06. The third-order valence-corrected chi connectivity index (χ3v) is 3.72. The molecule has 0 bridgehead atoms. The van der Waals surface area contributed by atoms with Gasteiger partial charge in [0, 0.05) is 18.5 Å². The van der Waals surface area contributed by atoms with Gasteiger partial charge >= 0.3 is 0 Å². The number of nitrogens with one attached hydrogen (secondary N) is 2. The van der Waals surface area contributed by atoms with Gasteiger partial charge in [0.2, 0.25) is 5.91 Å². The molecule has 0 aliphatic carbocycles. The molecule has 1 aliphatic heterocycles. The number of carbonyl (C=O) groups excluding carboxylic acids is 1. The fourth-order valence-corrected chi connectivity index (χ4v) is 2.51. The number of carbonyl (C=O) groups is 1. The quantitative estimate of drug-likeness (QED) is 0.793. The summed E-state index contributed by atoms with van der Waals surface area (Å²) in [4.78, 5) is 12.0. The first kappa shape index (κ1) is 17.9. The normalized spacial score (nSPS) is 23.0. The van der Waals surface area contributed by atoms with Crippen molar-refractivity contribution in [3.8, 4) is 0 Å². The highest BCUT2D eigenvalue weighted by molar-refractivity contribution is 5.85. The van der Waals surface area contributed by atoms with Gasteiger partial charge in [-0.2, -0.15) is 0 Å². The standard InChI is InChI=1S/C15H21FN2O2.ClH/c1-10-8-12(6-7-17-10)15(20)18-9-14(19)11-2-4-13(16)5-3-11;/h2-5,10,12,14,17,19H,6-9H2,1H3,(H,18,20);1H/t10-,12-,14?;/m0./s1. The van der Waals surface area contributed by atoms with Crippen LogP contribution >= 0.6 is 12.4 Å². The molecule has 1 aliphatic rings. The van der Waals surface area contributed by atoms with Crippen molar-refractivity contribution in [2.24, 2.45) is 5.92 Å². The Morgan fingerprint density at radius 3 is 2.76 bits per heavy atom. The van der Waals surface area contributed by atoms with E-state index in [0.717, 1.165) is 19.4 Å². The van der Waals surface area contributed by atoms with Crippen LogP contribution in [0.15, 0.2) is 24.3 Å². The van der Waals surface area contributed by atoms with Crippen LogP contribution in [-0.2, 0) is 4.79 Å². The second-order valence-electron chi connectivity index (χ2n) is 5.39. The number of rotatable bonds is 4. The van der Waals surface area contributed by atoms with Gasteiger partial charge in [0.1, 0.15) is 5.82 Å². The topological polar surface area (TPSA) is 61.4 Å². The first-order valence-corrected chi connectivity index (χ1v) is 7.01. The molecule has 1 amide bonds. The molecule has 0 aromatic heterocycles. The molecule has 0 saturated carbocycles. The van der Waals surface area contributed by atoms with Crippen molar-refractivity contribution in [1.29, 1.82) is 0 Å². The van der Waals surface area contributed by atoms with Gasteiger partial charge in [-0.25, -0.2) is 4.39 Å². The van der Waals surface area contributed by atoms with E-state index in [1.54, 1.807) is 0 Å². The van der Waals surface area contributed by atoms with Gasteiger partial charge in [0.25, 0.3) is 0 Å². The van der Waals surface area contributed by atoms with E-state index in [9.17, 15) is 14.3 Å². The minimum atomic E-state index is -0.807. The third-order valence-electron chi connectivity index (χ3n) is 3.72. The maximum atomic E-state index is 12.8. The van der Waals surface area contributed by atoms with E-state index in [-0.39, 0.29) is 36.6 Å². The summed E-state index contributed by atoms with van der Waals surface area (Å²) in [5.74, 6) is -0.347. The summed E-state index contributed by atoms with van der Waals surface area (Å²) in [5, 5.41) is 16.0. The maximum absolute atomic E-state index is 12.8. The Bertz CT molecular complexity index is 455. The van der Waals surface area contributed by atoms with Crippen molar-refractivity contribution in [3.05, 3.63) is 35.6 Å². The lowest BCUT2D eigenvalue weighted by atomic mass is 9.92. The number of amides is 1. The van der Waals surface area contributed by atoms with E-state index in [4.69, 9.17) is 0 Å². The number of halogens is 2. The Kier molecular flexibility index (Phi) is 7.08. The first-order chi connectivity index (χ1) is 9.56. The number of benzene rings is 1. The first-order valence-electron chi connectivity index (χ1n) is 7.01. The Morgan fingerprint density at radius 2 is 2.14 bits per heavy atom. The number of aliphatic hydroxyl groups excluding tert-OH is 1. The van der Waals surface area contributed by atoms with Gasteiger partial charge in [0.15, 0.2) is 0 Å². The summed E-state index contributed by atoms with van der Waals surface area (Å²) in [5.41, 5.74) is 0.602. The Hall–Kier alpha value is -1.17. The SMILES string of the molecule is C[C@H]1C[C@@H](C(=O)NCC(O)c2ccc(F)cc2)CCN1.Cl. The van der Waals surface area contributed by atoms with E-state index in [1.807, 2.05) is 0 Å². The van der Waals surface area contributed by atoms with Crippen LogP contribution in [0.1, 0.15) is 31.4 Å². The molecule has 1 aromatic rings. The average molecular weight is 317 g/mol. The van der Waals surface area contributed by atoms with E-state index in [2.05, 4.69) is 17.6 Å². The van der Waals surface area contributed by atoms with E-state index in [0.29, 0.717) is 11.6 Å². The second kappa shape index (κ2) is 8.32. The molecular weight excluding hydrogens is 295 g/mol. The van der Waals surface area contributed by atoms with Gasteiger partial charge < -0.3 is 15.7 Å². The molecule has 6 heteroatoms. The van der Waals surface area contributed by atoms with Crippen LogP contribution in [0.25, 0.3) is 0 Å². The van der Waals surface area contributed by atoms with Crippen LogP contribution in [-0.4, -0.2) is 30.1 Å². The lowest BCUT2D eigenvalue weighted by Crippen LogP contribution is -2.43. The fourth-order valence-electron chi connectivity index (χ4n) is 2.51. The molecule has 1 heterocycles. The molecule has 1 aromatic carbocycles. The fraction of sp³-hybridized carbons (Fsp3) is 0.533. The van der Waals surface area contributed by atoms with Gasteiger partial charge in [-0.05, 0) is 44.0 Å². The van der Waals surface area contributed by atoms with Crippen LogP contribution in [0.5, 0.6) is 0 Å². The van der Waals surface area contributed by atoms with Crippen molar-refractivity contribution in [1.82, 2.24) is 10.6 Å². The molecule has 1 fully saturated rings. The third kappa shape index (κ3) is 5.26. The molecule has 3 atom stereocenters. The highest BCUT2D eigenvalue weighted by atomic mass is 35.5. The van der Waals surface area contributed by atoms with Crippen molar-refractivity contribution in [2.75, 3.05) is 13.1 Å². The Labute approximate surface area is 130 Å². The van der Waals surface area contributed by atoms with Crippen molar-refractivity contribution < 1.29 is 14.3 Å². The Balaban J connectivity index is 0.00000220. The maximum Gasteiger partial charge on any atom is 0.223 e. The molecular formula is C15H22ClFN2O2. The molecule has 1 saturated heterocycles. The lowest BCUT2D eigenvalue weighted by Gasteiger charge is -2.27. The largest absolute Gasteiger partial charge is 0.387 e. The molecule has 21 heavy (non-hydrogen) atoms. The number of hydrogen-bond acceptors (Lipinski definition) is 3. The average Bonchev–Trinajstić information content (AvgIpc) is 2.45. The summed E-state index contributed by atoms with van der Waals surface area (Å²) >= 11 is 0. The molecule has 118 valence electrons. The number of hydrogen-bond donors (Lipinski definition) is 3. The highest BCUT2D eigenvalue weighted by Crippen LogP contribution is 2.17. The Morgan fingerprint density at radius 1 is 1.48 bits per heavy atom. The lowest BCUT2D eigenvalue weighted by molar-refractivity contribution is -0.126. The van der Waals surface area contributed by atoms with E-state index >= 15 is 0 Å². The van der Waals surface area contributed by atoms with E-state index in [1.165, 1.54) is 24.3 Å².